The fourth-order valence-electron chi connectivity index (χ4n) is 4.20. The molecule has 1 fully saturated rings. The second-order valence-electron chi connectivity index (χ2n) is 7.42. The molecule has 1 atom stereocenters. The second-order valence-corrected chi connectivity index (χ2v) is 8.00. The van der Waals surface area contributed by atoms with Crippen molar-refractivity contribution in [2.75, 3.05) is 0 Å². The Morgan fingerprint density at radius 2 is 1.22 bits per heavy atom. The molecule has 2 nitrogen and oxygen atoms in total. The van der Waals surface area contributed by atoms with E-state index >= 15 is 0 Å². The molecule has 0 aromatic heterocycles. The van der Waals surface area contributed by atoms with Gasteiger partial charge < -0.3 is 10.2 Å². The van der Waals surface area contributed by atoms with Crippen molar-refractivity contribution in [2.45, 2.75) is 38.0 Å². The molecule has 1 aliphatic rings. The first kappa shape index (κ1) is 18.1. The van der Waals surface area contributed by atoms with Crippen LogP contribution in [0.25, 0.3) is 22.3 Å². The molecule has 4 rings (SSSR count). The van der Waals surface area contributed by atoms with Gasteiger partial charge in [-0.1, -0.05) is 61.7 Å². The molecule has 0 saturated heterocycles. The van der Waals surface area contributed by atoms with Crippen molar-refractivity contribution in [3.05, 3.63) is 66.2 Å². The van der Waals surface area contributed by atoms with Crippen LogP contribution in [0.4, 0.5) is 0 Å². The van der Waals surface area contributed by atoms with Gasteiger partial charge in [-0.2, -0.15) is 0 Å². The van der Waals surface area contributed by atoms with E-state index in [2.05, 4.69) is 39.6 Å². The lowest BCUT2D eigenvalue weighted by Gasteiger charge is -2.26. The summed E-state index contributed by atoms with van der Waals surface area (Å²) >= 11 is 0. The molecule has 0 radical (unpaired) electrons. The molecule has 0 amide bonds. The van der Waals surface area contributed by atoms with Gasteiger partial charge in [0.15, 0.2) is 0 Å². The zero-order valence-electron chi connectivity index (χ0n) is 15.4. The lowest BCUT2D eigenvalue weighted by Crippen LogP contribution is -2.14. The fourth-order valence-corrected chi connectivity index (χ4v) is 4.69. The van der Waals surface area contributed by atoms with E-state index in [9.17, 15) is 10.2 Å². The Bertz CT molecular complexity index is 924. The summed E-state index contributed by atoms with van der Waals surface area (Å²) in [5, 5.41) is 20.7. The van der Waals surface area contributed by atoms with Crippen molar-refractivity contribution in [2.24, 2.45) is 0 Å². The predicted molar refractivity (Wildman–Crippen MR) is 116 cm³/mol. The normalized spacial score (nSPS) is 15.0. The highest BCUT2D eigenvalue weighted by Crippen LogP contribution is 2.40. The molecule has 3 heteroatoms. The Morgan fingerprint density at radius 3 is 1.85 bits per heavy atom. The Labute approximate surface area is 163 Å². The van der Waals surface area contributed by atoms with Crippen LogP contribution in [0.5, 0.6) is 11.5 Å². The van der Waals surface area contributed by atoms with Crippen molar-refractivity contribution in [3.8, 4) is 33.8 Å². The predicted octanol–water partition coefficient (Wildman–Crippen LogP) is 5.98. The first-order chi connectivity index (χ1) is 13.1. The van der Waals surface area contributed by atoms with Crippen molar-refractivity contribution in [1.29, 1.82) is 0 Å². The summed E-state index contributed by atoms with van der Waals surface area (Å²) in [5.41, 5.74) is 5.91. The maximum absolute atomic E-state index is 10.3. The summed E-state index contributed by atoms with van der Waals surface area (Å²) in [6, 6.07) is 19.7. The van der Waals surface area contributed by atoms with Crippen molar-refractivity contribution >= 4 is 14.5 Å². The number of phenols is 2. The van der Waals surface area contributed by atoms with Crippen LogP contribution in [0.1, 0.15) is 43.6 Å². The molecule has 3 aromatic carbocycles. The lowest BCUT2D eigenvalue weighted by molar-refractivity contribution is 0.442. The van der Waals surface area contributed by atoms with Crippen LogP contribution in [0.3, 0.4) is 0 Å². The van der Waals surface area contributed by atoms with Gasteiger partial charge in [-0.05, 0) is 64.8 Å². The number of hydrogen-bond donors (Lipinski definition) is 2. The van der Waals surface area contributed by atoms with Gasteiger partial charge in [0.1, 0.15) is 11.5 Å². The monoisotopic (exact) mass is 376 g/mol. The van der Waals surface area contributed by atoms with Crippen LogP contribution in [0.15, 0.2) is 60.7 Å². The van der Waals surface area contributed by atoms with E-state index in [1.54, 1.807) is 18.2 Å². The summed E-state index contributed by atoms with van der Waals surface area (Å²) in [7, 11) is 2.76. The molecule has 0 bridgehead atoms. The summed E-state index contributed by atoms with van der Waals surface area (Å²) in [6.45, 7) is 0. The number of aromatic hydroxyl groups is 2. The van der Waals surface area contributed by atoms with E-state index in [0.717, 1.165) is 16.4 Å². The molecule has 27 heavy (non-hydrogen) atoms. The molecule has 2 N–H and O–H groups in total. The minimum absolute atomic E-state index is 0.282. The molecular formula is C24H25O2P. The number of hydrogen-bond acceptors (Lipinski definition) is 2. The third-order valence-corrected chi connectivity index (χ3v) is 6.28. The zero-order chi connectivity index (χ0) is 18.8. The molecule has 1 aliphatic carbocycles. The fraction of sp³-hybridized carbons (Fsp3) is 0.250. The van der Waals surface area contributed by atoms with Gasteiger partial charge in [0.25, 0.3) is 0 Å². The molecule has 138 valence electrons. The maximum atomic E-state index is 10.3. The van der Waals surface area contributed by atoms with Gasteiger partial charge in [-0.25, -0.2) is 0 Å². The molecule has 1 unspecified atom stereocenters. The summed E-state index contributed by atoms with van der Waals surface area (Å²) in [6.07, 6.45) is 6.25. The molecular weight excluding hydrogens is 351 g/mol. The van der Waals surface area contributed by atoms with Crippen molar-refractivity contribution in [3.63, 3.8) is 0 Å². The van der Waals surface area contributed by atoms with E-state index in [4.69, 9.17) is 0 Å². The molecule has 0 heterocycles. The van der Waals surface area contributed by atoms with Gasteiger partial charge in [0.05, 0.1) is 0 Å². The molecule has 3 aromatic rings. The topological polar surface area (TPSA) is 40.5 Å². The first-order valence-corrected chi connectivity index (χ1v) is 10.2. The largest absolute Gasteiger partial charge is 0.508 e. The average Bonchev–Trinajstić information content (AvgIpc) is 2.71. The SMILES string of the molecule is Oc1ccc(-c2ccc(-c3ccc(O)c(P)c3C3CCCCC3)cc2)cc1. The number of rotatable bonds is 3. The quantitative estimate of drug-likeness (QED) is 0.552. The van der Waals surface area contributed by atoms with Gasteiger partial charge in [-0.3, -0.25) is 0 Å². The van der Waals surface area contributed by atoms with Crippen LogP contribution in [-0.2, 0) is 0 Å². The van der Waals surface area contributed by atoms with Crippen LogP contribution in [-0.4, -0.2) is 10.2 Å². The first-order valence-electron chi connectivity index (χ1n) is 9.64. The van der Waals surface area contributed by atoms with E-state index in [1.807, 2.05) is 12.1 Å². The van der Waals surface area contributed by atoms with Crippen molar-refractivity contribution < 1.29 is 10.2 Å². The molecule has 0 spiro atoms. The summed E-state index contributed by atoms with van der Waals surface area (Å²) in [4.78, 5) is 0. The Kier molecular flexibility index (Phi) is 5.18. The van der Waals surface area contributed by atoms with E-state index in [0.29, 0.717) is 11.7 Å². The standard InChI is InChI=1S/C24H25O2P/c25-20-12-10-17(11-13-20)16-6-8-18(9-7-16)21-14-15-22(26)24(27)23(21)19-4-2-1-3-5-19/h6-15,19,25-26H,1-5,27H2. The Balaban J connectivity index is 1.72. The van der Waals surface area contributed by atoms with E-state index < -0.39 is 0 Å². The molecule has 1 saturated carbocycles. The average molecular weight is 376 g/mol. The molecule has 0 aliphatic heterocycles. The smallest absolute Gasteiger partial charge is 0.123 e. The van der Waals surface area contributed by atoms with E-state index in [-0.39, 0.29) is 5.75 Å². The third-order valence-electron chi connectivity index (χ3n) is 5.67. The third kappa shape index (κ3) is 3.73. The lowest BCUT2D eigenvalue weighted by atomic mass is 9.80. The number of benzene rings is 3. The van der Waals surface area contributed by atoms with Crippen molar-refractivity contribution in [1.82, 2.24) is 0 Å². The van der Waals surface area contributed by atoms with E-state index in [1.165, 1.54) is 48.8 Å². The second kappa shape index (κ2) is 7.74. The highest BCUT2D eigenvalue weighted by atomic mass is 31.0. The summed E-state index contributed by atoms with van der Waals surface area (Å²) < 4.78 is 0. The summed E-state index contributed by atoms with van der Waals surface area (Å²) in [5.74, 6) is 1.17. The maximum Gasteiger partial charge on any atom is 0.123 e. The zero-order valence-corrected chi connectivity index (χ0v) is 16.5. The van der Waals surface area contributed by atoms with Crippen LogP contribution < -0.4 is 5.30 Å². The van der Waals surface area contributed by atoms with Crippen LogP contribution in [0, 0.1) is 0 Å². The van der Waals surface area contributed by atoms with Crippen LogP contribution in [0.2, 0.25) is 0 Å². The highest BCUT2D eigenvalue weighted by molar-refractivity contribution is 7.28. The van der Waals surface area contributed by atoms with Gasteiger partial charge >= 0.3 is 0 Å². The minimum atomic E-state index is 0.282. The number of phenolic OH excluding ortho intramolecular Hbond substituents is 2. The van der Waals surface area contributed by atoms with Gasteiger partial charge in [0, 0.05) is 5.30 Å². The van der Waals surface area contributed by atoms with Gasteiger partial charge in [0.2, 0.25) is 0 Å². The Hall–Kier alpha value is -2.31. The van der Waals surface area contributed by atoms with Gasteiger partial charge in [-0.15, -0.1) is 9.24 Å². The minimum Gasteiger partial charge on any atom is -0.508 e. The van der Waals surface area contributed by atoms with Crippen LogP contribution >= 0.6 is 9.24 Å². The Morgan fingerprint density at radius 1 is 0.667 bits per heavy atom. The highest BCUT2D eigenvalue weighted by Gasteiger charge is 2.22.